The van der Waals surface area contributed by atoms with E-state index in [1.807, 2.05) is 0 Å². The van der Waals surface area contributed by atoms with Gasteiger partial charge in [0.15, 0.2) is 0 Å². The van der Waals surface area contributed by atoms with Crippen molar-refractivity contribution in [1.82, 2.24) is 0 Å². The third-order valence-corrected chi connectivity index (χ3v) is 2.80. The van der Waals surface area contributed by atoms with Crippen molar-refractivity contribution in [3.8, 4) is 0 Å². The summed E-state index contributed by atoms with van der Waals surface area (Å²) < 4.78 is 19.4. The van der Waals surface area contributed by atoms with Gasteiger partial charge in [0.2, 0.25) is 11.6 Å². The Balaban J connectivity index is 6.28. The fraction of sp³-hybridized carbons (Fsp3) is 0.235. The summed E-state index contributed by atoms with van der Waals surface area (Å²) in [5.74, 6) is -4.36. The Morgan fingerprint density at radius 2 is 1.04 bits per heavy atom. The maximum absolute atomic E-state index is 11.6. The first-order chi connectivity index (χ1) is 12.7. The number of rotatable bonds is 11. The Bertz CT molecular complexity index is 611. The molecule has 0 aromatic rings. The highest BCUT2D eigenvalue weighted by Crippen LogP contribution is 2.28. The van der Waals surface area contributed by atoms with Crippen molar-refractivity contribution in [3.63, 3.8) is 0 Å². The van der Waals surface area contributed by atoms with Crippen LogP contribution in [0.3, 0.4) is 0 Å². The van der Waals surface area contributed by atoms with E-state index in [-0.39, 0.29) is 0 Å². The minimum absolute atomic E-state index is 0.723. The van der Waals surface area contributed by atoms with E-state index in [4.69, 9.17) is 18.9 Å². The van der Waals surface area contributed by atoms with Gasteiger partial charge in [0, 0.05) is 24.3 Å². The normalized spacial score (nSPS) is 10.0. The molecule has 0 unspecified atom stereocenters. The van der Waals surface area contributed by atoms with Gasteiger partial charge in [-0.2, -0.15) is 4.99 Å². The van der Waals surface area contributed by atoms with Crippen molar-refractivity contribution in [3.05, 3.63) is 50.6 Å². The van der Waals surface area contributed by atoms with Crippen LogP contribution < -0.4 is 0 Å². The molecular weight excluding hydrogens is 362 g/mol. The molecule has 0 aliphatic carbocycles. The number of aliphatic imine (C=N–C) groups is 1. The molecule has 0 radical (unpaired) electrons. The van der Waals surface area contributed by atoms with Gasteiger partial charge in [-0.05, 0) is 6.92 Å². The molecule has 0 atom stereocenters. The molecule has 27 heavy (non-hydrogen) atoms. The lowest BCUT2D eigenvalue weighted by Crippen LogP contribution is -2.55. The molecule has 0 saturated heterocycles. The molecule has 0 aliphatic rings. The molecule has 0 heterocycles. The lowest BCUT2D eigenvalue weighted by molar-refractivity contribution is -0.233. The Hall–Kier alpha value is -3.78. The average Bonchev–Trinajstić information content (AvgIpc) is 2.66. The molecule has 0 N–H and O–H groups in total. The van der Waals surface area contributed by atoms with E-state index in [0.717, 1.165) is 37.3 Å². The van der Waals surface area contributed by atoms with E-state index in [9.17, 15) is 24.0 Å². The van der Waals surface area contributed by atoms with Crippen molar-refractivity contribution < 1.29 is 42.9 Å². The van der Waals surface area contributed by atoms with Gasteiger partial charge in [0.1, 0.15) is 0 Å². The van der Waals surface area contributed by atoms with Crippen LogP contribution >= 0.6 is 0 Å². The highest BCUT2D eigenvalue weighted by molar-refractivity contribution is 5.84. The fourth-order valence-electron chi connectivity index (χ4n) is 1.45. The second-order valence-electron chi connectivity index (χ2n) is 4.66. The van der Waals surface area contributed by atoms with Crippen LogP contribution in [-0.2, 0) is 42.9 Å². The van der Waals surface area contributed by atoms with Gasteiger partial charge in [-0.15, -0.1) is 0 Å². The van der Waals surface area contributed by atoms with E-state index < -0.39 is 42.0 Å². The lowest BCUT2D eigenvalue weighted by atomic mass is 10.0. The van der Waals surface area contributed by atoms with Gasteiger partial charge in [-0.25, -0.2) is 24.0 Å². The molecule has 0 aromatic heterocycles. The zero-order valence-electron chi connectivity index (χ0n) is 14.4. The summed E-state index contributed by atoms with van der Waals surface area (Å²) >= 11 is 0. The first-order valence-corrected chi connectivity index (χ1v) is 7.09. The average molecular weight is 379 g/mol. The zero-order chi connectivity index (χ0) is 21.0. The first kappa shape index (κ1) is 23.2. The molecule has 0 aliphatic heterocycles. The number of ether oxygens (including phenoxy) is 4. The number of hydrogen-bond acceptors (Lipinski definition) is 10. The molecule has 0 saturated carbocycles. The number of carbonyl (C=O) groups is 4. The van der Waals surface area contributed by atoms with Crippen LogP contribution in [0.15, 0.2) is 55.6 Å². The van der Waals surface area contributed by atoms with Gasteiger partial charge in [-0.1, -0.05) is 26.3 Å². The van der Waals surface area contributed by atoms with Crippen molar-refractivity contribution in [1.29, 1.82) is 0 Å². The quantitative estimate of drug-likeness (QED) is 0.167. The summed E-state index contributed by atoms with van der Waals surface area (Å²) in [6, 6.07) is 0. The topological polar surface area (TPSA) is 135 Å². The molecule has 144 valence electrons. The largest absolute Gasteiger partial charge is 0.419 e. The molecule has 0 rings (SSSR count). The van der Waals surface area contributed by atoms with Crippen LogP contribution in [0.4, 0.5) is 0 Å². The molecule has 10 nitrogen and oxygen atoms in total. The van der Waals surface area contributed by atoms with Crippen LogP contribution in [0.1, 0.15) is 6.92 Å². The number of hydrogen-bond donors (Lipinski definition) is 0. The van der Waals surface area contributed by atoms with Crippen LogP contribution in [0.25, 0.3) is 0 Å². The van der Waals surface area contributed by atoms with Crippen LogP contribution in [0.5, 0.6) is 0 Å². The Morgan fingerprint density at radius 3 is 1.22 bits per heavy atom. The minimum Gasteiger partial charge on any atom is -0.419 e. The van der Waals surface area contributed by atoms with Gasteiger partial charge < -0.3 is 18.9 Å². The second-order valence-corrected chi connectivity index (χ2v) is 4.66. The summed E-state index contributed by atoms with van der Waals surface area (Å²) in [6.07, 6.45) is 0.0219. The van der Waals surface area contributed by atoms with Crippen LogP contribution in [-0.4, -0.2) is 48.1 Å². The molecule has 0 aromatic carbocycles. The van der Waals surface area contributed by atoms with Crippen molar-refractivity contribution in [2.24, 2.45) is 4.99 Å². The van der Waals surface area contributed by atoms with E-state index in [1.165, 1.54) is 0 Å². The molecule has 0 spiro atoms. The van der Waals surface area contributed by atoms with E-state index in [0.29, 0.717) is 0 Å². The maximum Gasteiger partial charge on any atom is 0.333 e. The minimum atomic E-state index is -2.25. The second kappa shape index (κ2) is 11.0. The number of isocyanates is 1. The Morgan fingerprint density at radius 1 is 0.778 bits per heavy atom. The van der Waals surface area contributed by atoms with Crippen molar-refractivity contribution in [2.45, 2.75) is 25.0 Å². The van der Waals surface area contributed by atoms with Crippen molar-refractivity contribution in [2.75, 3.05) is 0 Å². The van der Waals surface area contributed by atoms with Crippen LogP contribution in [0, 0.1) is 0 Å². The third-order valence-electron chi connectivity index (χ3n) is 2.80. The lowest BCUT2D eigenvalue weighted by Gasteiger charge is -2.35. The highest BCUT2D eigenvalue weighted by atomic mass is 16.7. The van der Waals surface area contributed by atoms with Gasteiger partial charge >= 0.3 is 23.9 Å². The predicted octanol–water partition coefficient (Wildman–Crippen LogP) is 0.650. The van der Waals surface area contributed by atoms with Crippen LogP contribution in [0.2, 0.25) is 0 Å². The summed E-state index contributed by atoms with van der Waals surface area (Å²) in [5, 5.41) is 0. The number of carbonyl (C=O) groups excluding carboxylic acids is 5. The Kier molecular flexibility index (Phi) is 9.42. The summed E-state index contributed by atoms with van der Waals surface area (Å²) in [5.41, 5.74) is -2.25. The fourth-order valence-corrected chi connectivity index (χ4v) is 1.45. The van der Waals surface area contributed by atoms with E-state index in [1.54, 1.807) is 0 Å². The molecular formula is C17H17NO9. The summed E-state index contributed by atoms with van der Waals surface area (Å²) in [7, 11) is 0. The van der Waals surface area contributed by atoms with Gasteiger partial charge in [0.05, 0.1) is 0 Å². The molecule has 10 heteroatoms. The van der Waals surface area contributed by atoms with E-state index in [2.05, 4.69) is 31.3 Å². The van der Waals surface area contributed by atoms with Gasteiger partial charge in [-0.3, -0.25) is 0 Å². The smallest absolute Gasteiger partial charge is 0.333 e. The zero-order valence-corrected chi connectivity index (χ0v) is 14.4. The number of nitrogens with zero attached hydrogens (tertiary/aromatic N) is 1. The highest BCUT2D eigenvalue weighted by Gasteiger charge is 2.51. The SMILES string of the molecule is C=CC(=O)OC(OC(=O)C=C)C(C)(N=C=O)C(OC(=O)C=C)OC(=O)C=C. The first-order valence-electron chi connectivity index (χ1n) is 7.09. The van der Waals surface area contributed by atoms with E-state index >= 15 is 0 Å². The molecule has 0 amide bonds. The van der Waals surface area contributed by atoms with Gasteiger partial charge in [0.25, 0.3) is 12.6 Å². The monoisotopic (exact) mass is 379 g/mol. The number of esters is 4. The third kappa shape index (κ3) is 6.92. The maximum atomic E-state index is 11.6. The summed E-state index contributed by atoms with van der Waals surface area (Å²) in [6.45, 7) is 13.7. The Labute approximate surface area is 154 Å². The molecule has 0 fully saturated rings. The summed E-state index contributed by atoms with van der Waals surface area (Å²) in [4.78, 5) is 60.6. The van der Waals surface area contributed by atoms with Crippen molar-refractivity contribution >= 4 is 30.0 Å². The molecule has 0 bridgehead atoms. The standard InChI is InChI=1S/C17H17NO9/c1-6-11(20)24-15(25-12(21)7-2)17(5,18-10-19)16(26-13(22)8-3)27-14(23)9-4/h6-9,15-16H,1-4H2,5H3. The predicted molar refractivity (Wildman–Crippen MR) is 89.3 cm³/mol.